The highest BCUT2D eigenvalue weighted by molar-refractivity contribution is 7.99. The third-order valence-electron chi connectivity index (χ3n) is 3.09. The summed E-state index contributed by atoms with van der Waals surface area (Å²) in [5.41, 5.74) is 6.61. The molecule has 0 bridgehead atoms. The molecule has 0 radical (unpaired) electrons. The fraction of sp³-hybridized carbons (Fsp3) is 0.143. The fourth-order valence-electron chi connectivity index (χ4n) is 2.19. The van der Waals surface area contributed by atoms with E-state index in [4.69, 9.17) is 15.2 Å². The second-order valence-electron chi connectivity index (χ2n) is 4.54. The first-order valence-corrected chi connectivity index (χ1v) is 7.28. The van der Waals surface area contributed by atoms with Crippen LogP contribution in [0.15, 0.2) is 46.7 Å². The average Bonchev–Trinajstić information content (AvgIpc) is 2.95. The Bertz CT molecular complexity index is 818. The minimum Gasteiger partial charge on any atom is -0.486 e. The van der Waals surface area contributed by atoms with Gasteiger partial charge in [0.25, 0.3) is 0 Å². The van der Waals surface area contributed by atoms with Gasteiger partial charge in [-0.2, -0.15) is 0 Å². The zero-order valence-corrected chi connectivity index (χ0v) is 11.8. The van der Waals surface area contributed by atoms with Gasteiger partial charge in [-0.1, -0.05) is 11.8 Å². The summed E-state index contributed by atoms with van der Waals surface area (Å²) in [5, 5.41) is 0.761. The summed E-state index contributed by atoms with van der Waals surface area (Å²) in [4.78, 5) is 9.68. The highest BCUT2D eigenvalue weighted by Crippen LogP contribution is 2.37. The summed E-state index contributed by atoms with van der Waals surface area (Å²) in [6.07, 6.45) is 5.32. The number of aromatic nitrogens is 3. The van der Waals surface area contributed by atoms with Crippen LogP contribution < -0.4 is 15.2 Å². The average molecular weight is 300 g/mol. The van der Waals surface area contributed by atoms with Crippen LogP contribution in [0, 0.1) is 0 Å². The molecule has 106 valence electrons. The van der Waals surface area contributed by atoms with E-state index in [1.165, 1.54) is 11.8 Å². The van der Waals surface area contributed by atoms with Crippen LogP contribution in [0.25, 0.3) is 5.65 Å². The Balaban J connectivity index is 1.72. The van der Waals surface area contributed by atoms with E-state index < -0.39 is 0 Å². The van der Waals surface area contributed by atoms with Gasteiger partial charge in [0.2, 0.25) is 0 Å². The lowest BCUT2D eigenvalue weighted by Gasteiger charge is -2.18. The number of rotatable bonds is 2. The number of nitrogens with zero attached hydrogens (tertiary/aromatic N) is 3. The van der Waals surface area contributed by atoms with Gasteiger partial charge in [-0.05, 0) is 18.2 Å². The van der Waals surface area contributed by atoms with Gasteiger partial charge < -0.3 is 19.6 Å². The van der Waals surface area contributed by atoms with E-state index in [-0.39, 0.29) is 0 Å². The van der Waals surface area contributed by atoms with Crippen molar-refractivity contribution in [2.45, 2.75) is 9.92 Å². The smallest absolute Gasteiger partial charge is 0.170 e. The van der Waals surface area contributed by atoms with E-state index in [0.717, 1.165) is 27.1 Å². The van der Waals surface area contributed by atoms with Gasteiger partial charge in [-0.15, -0.1) is 0 Å². The van der Waals surface area contributed by atoms with Crippen molar-refractivity contribution in [3.05, 3.63) is 36.8 Å². The maximum absolute atomic E-state index is 5.83. The minimum atomic E-state index is 0.459. The monoisotopic (exact) mass is 300 g/mol. The number of hydrogen-bond acceptors (Lipinski definition) is 6. The van der Waals surface area contributed by atoms with E-state index >= 15 is 0 Å². The molecule has 0 aliphatic carbocycles. The molecule has 2 N–H and O–H groups in total. The maximum Gasteiger partial charge on any atom is 0.170 e. The quantitative estimate of drug-likeness (QED) is 0.782. The zero-order chi connectivity index (χ0) is 14.2. The van der Waals surface area contributed by atoms with Crippen molar-refractivity contribution >= 4 is 23.2 Å². The molecule has 4 rings (SSSR count). The molecule has 2 aromatic heterocycles. The highest BCUT2D eigenvalue weighted by Gasteiger charge is 2.14. The summed E-state index contributed by atoms with van der Waals surface area (Å²) in [6, 6.07) is 5.83. The Morgan fingerprint density at radius 1 is 1.19 bits per heavy atom. The van der Waals surface area contributed by atoms with Crippen molar-refractivity contribution in [2.24, 2.45) is 0 Å². The zero-order valence-electron chi connectivity index (χ0n) is 11.0. The standard InChI is InChI=1S/C14H12N4O2S/c15-12-8-18-4-3-16-13(18)14(17-12)21-9-1-2-10-11(7-9)20-6-5-19-10/h1-4,7-8H,5-6,15H2. The Morgan fingerprint density at radius 2 is 2.05 bits per heavy atom. The Labute approximate surface area is 124 Å². The molecule has 1 aliphatic heterocycles. The van der Waals surface area contributed by atoms with Crippen molar-refractivity contribution < 1.29 is 9.47 Å². The van der Waals surface area contributed by atoms with E-state index in [1.807, 2.05) is 28.8 Å². The molecule has 0 atom stereocenters. The molecular weight excluding hydrogens is 288 g/mol. The third-order valence-corrected chi connectivity index (χ3v) is 4.05. The second-order valence-corrected chi connectivity index (χ2v) is 5.60. The molecule has 1 aromatic carbocycles. The van der Waals surface area contributed by atoms with E-state index in [0.29, 0.717) is 19.0 Å². The molecule has 0 amide bonds. The van der Waals surface area contributed by atoms with Gasteiger partial charge in [-0.25, -0.2) is 9.97 Å². The van der Waals surface area contributed by atoms with Gasteiger partial charge in [0.05, 0.1) is 6.20 Å². The molecule has 7 heteroatoms. The van der Waals surface area contributed by atoms with Crippen molar-refractivity contribution in [1.29, 1.82) is 0 Å². The number of hydrogen-bond donors (Lipinski definition) is 1. The number of imidazole rings is 1. The highest BCUT2D eigenvalue weighted by atomic mass is 32.2. The first-order chi connectivity index (χ1) is 10.3. The molecule has 0 saturated carbocycles. The van der Waals surface area contributed by atoms with Gasteiger partial charge in [-0.3, -0.25) is 0 Å². The summed E-state index contributed by atoms with van der Waals surface area (Å²) in [7, 11) is 0. The predicted molar refractivity (Wildman–Crippen MR) is 79.0 cm³/mol. The predicted octanol–water partition coefficient (Wildman–Crippen LogP) is 2.23. The first kappa shape index (κ1) is 12.3. The summed E-state index contributed by atoms with van der Waals surface area (Å²) < 4.78 is 13.0. The number of anilines is 1. The first-order valence-electron chi connectivity index (χ1n) is 6.46. The lowest BCUT2D eigenvalue weighted by Crippen LogP contribution is -2.15. The normalized spacial score (nSPS) is 13.5. The van der Waals surface area contributed by atoms with Crippen LogP contribution in [-0.2, 0) is 0 Å². The molecule has 21 heavy (non-hydrogen) atoms. The number of benzene rings is 1. The van der Waals surface area contributed by atoms with Gasteiger partial charge in [0, 0.05) is 17.3 Å². The van der Waals surface area contributed by atoms with Crippen LogP contribution in [0.5, 0.6) is 11.5 Å². The summed E-state index contributed by atoms with van der Waals surface area (Å²) in [6.45, 7) is 1.16. The molecule has 3 heterocycles. The Morgan fingerprint density at radius 3 is 2.95 bits per heavy atom. The lowest BCUT2D eigenvalue weighted by atomic mass is 10.3. The molecule has 0 unspecified atom stereocenters. The summed E-state index contributed by atoms with van der Waals surface area (Å²) in [5.74, 6) is 1.99. The van der Waals surface area contributed by atoms with Crippen molar-refractivity contribution in [2.75, 3.05) is 18.9 Å². The van der Waals surface area contributed by atoms with Crippen LogP contribution in [0.2, 0.25) is 0 Å². The van der Waals surface area contributed by atoms with Crippen LogP contribution in [0.4, 0.5) is 5.82 Å². The Kier molecular flexibility index (Phi) is 2.85. The van der Waals surface area contributed by atoms with Crippen molar-refractivity contribution in [3.63, 3.8) is 0 Å². The van der Waals surface area contributed by atoms with Gasteiger partial charge in [0.15, 0.2) is 17.1 Å². The topological polar surface area (TPSA) is 74.7 Å². The molecule has 0 fully saturated rings. The van der Waals surface area contributed by atoms with E-state index in [2.05, 4.69) is 9.97 Å². The lowest BCUT2D eigenvalue weighted by molar-refractivity contribution is 0.171. The largest absolute Gasteiger partial charge is 0.486 e. The van der Waals surface area contributed by atoms with Gasteiger partial charge >= 0.3 is 0 Å². The SMILES string of the molecule is Nc1cn2ccnc2c(Sc2ccc3c(c2)OCCO3)n1. The Hall–Kier alpha value is -2.41. The summed E-state index contributed by atoms with van der Waals surface area (Å²) >= 11 is 1.50. The fourth-order valence-corrected chi connectivity index (χ4v) is 3.11. The second kappa shape index (κ2) is 4.85. The van der Waals surface area contributed by atoms with E-state index in [1.54, 1.807) is 12.4 Å². The molecule has 0 spiro atoms. The van der Waals surface area contributed by atoms with Crippen molar-refractivity contribution in [3.8, 4) is 11.5 Å². The number of nitrogen functional groups attached to an aromatic ring is 1. The maximum atomic E-state index is 5.83. The molecule has 6 nitrogen and oxygen atoms in total. The van der Waals surface area contributed by atoms with Crippen LogP contribution >= 0.6 is 11.8 Å². The number of fused-ring (bicyclic) bond motifs is 2. The molecule has 0 saturated heterocycles. The van der Waals surface area contributed by atoms with Crippen LogP contribution in [-0.4, -0.2) is 27.6 Å². The van der Waals surface area contributed by atoms with E-state index in [9.17, 15) is 0 Å². The van der Waals surface area contributed by atoms with Gasteiger partial charge in [0.1, 0.15) is 24.1 Å². The number of ether oxygens (including phenoxy) is 2. The molecular formula is C14H12N4O2S. The van der Waals surface area contributed by atoms with Crippen LogP contribution in [0.3, 0.4) is 0 Å². The third kappa shape index (κ3) is 2.25. The minimum absolute atomic E-state index is 0.459. The number of nitrogens with two attached hydrogens (primary N) is 1. The van der Waals surface area contributed by atoms with Crippen molar-refractivity contribution in [1.82, 2.24) is 14.4 Å². The molecule has 1 aliphatic rings. The van der Waals surface area contributed by atoms with Crippen LogP contribution in [0.1, 0.15) is 0 Å². The molecule has 3 aromatic rings.